The van der Waals surface area contributed by atoms with E-state index in [1.165, 1.54) is 57.9 Å². The van der Waals surface area contributed by atoms with E-state index in [1.807, 2.05) is 0 Å². The maximum absolute atomic E-state index is 10.3. The maximum Gasteiger partial charge on any atom is 0.0543 e. The first-order chi connectivity index (χ1) is 13.8. The van der Waals surface area contributed by atoms with Crippen LogP contribution in [0, 0.1) is 52.3 Å². The van der Waals surface area contributed by atoms with Crippen molar-refractivity contribution in [3.8, 4) is 0 Å². The van der Waals surface area contributed by atoms with Crippen LogP contribution >= 0.6 is 0 Å². The summed E-state index contributed by atoms with van der Waals surface area (Å²) in [4.78, 5) is 3.03. The van der Waals surface area contributed by atoms with Gasteiger partial charge in [0.1, 0.15) is 0 Å². The molecule has 29 heavy (non-hydrogen) atoms. The number of aliphatic hydroxyl groups is 1. The molecule has 4 saturated carbocycles. The molecule has 12 atom stereocenters. The number of fused-ring (bicyclic) bond motifs is 9. The number of hydrogen-bond donors (Lipinski definition) is 1. The molecule has 2 saturated heterocycles. The molecule has 164 valence electrons. The zero-order valence-electron chi connectivity index (χ0n) is 19.4. The Labute approximate surface area is 179 Å². The van der Waals surface area contributed by atoms with Gasteiger partial charge in [0.15, 0.2) is 0 Å². The largest absolute Gasteiger partial charge is 0.393 e. The zero-order chi connectivity index (χ0) is 20.1. The average molecular weight is 400 g/mol. The Hall–Kier alpha value is -0.0800. The second-order valence-corrected chi connectivity index (χ2v) is 13.3. The SMILES string of the molecule is C[C@H]1CCC2[C@@H](C)C3[C@H](CC4C5CCC6C[C@@H](O)CCC6(C)C5CCC43C)N2C1. The van der Waals surface area contributed by atoms with Crippen LogP contribution < -0.4 is 0 Å². The normalized spacial score (nSPS) is 62.0. The molecular weight excluding hydrogens is 354 g/mol. The minimum absolute atomic E-state index is 0.0109. The van der Waals surface area contributed by atoms with E-state index in [0.29, 0.717) is 10.8 Å². The molecule has 6 fully saturated rings. The Morgan fingerprint density at radius 3 is 2.41 bits per heavy atom. The number of rotatable bonds is 0. The Balaban J connectivity index is 1.30. The van der Waals surface area contributed by atoms with Gasteiger partial charge in [0.05, 0.1) is 6.10 Å². The number of nitrogens with zero attached hydrogens (tertiary/aromatic N) is 1. The fourth-order valence-electron chi connectivity index (χ4n) is 11.0. The number of aliphatic hydroxyl groups excluding tert-OH is 1. The van der Waals surface area contributed by atoms with Crippen LogP contribution in [0.15, 0.2) is 0 Å². The third-order valence-electron chi connectivity index (χ3n) is 12.3. The van der Waals surface area contributed by atoms with Gasteiger partial charge in [0, 0.05) is 18.6 Å². The Kier molecular flexibility index (Phi) is 4.37. The van der Waals surface area contributed by atoms with E-state index in [2.05, 4.69) is 32.6 Å². The van der Waals surface area contributed by atoms with Crippen molar-refractivity contribution in [3.05, 3.63) is 0 Å². The van der Waals surface area contributed by atoms with Gasteiger partial charge < -0.3 is 5.11 Å². The molecule has 0 aromatic carbocycles. The average Bonchev–Trinajstić information content (AvgIpc) is 3.15. The predicted octanol–water partition coefficient (Wildman–Crippen LogP) is 5.73. The Morgan fingerprint density at radius 1 is 0.793 bits per heavy atom. The summed E-state index contributed by atoms with van der Waals surface area (Å²) in [5, 5.41) is 10.3. The second-order valence-electron chi connectivity index (χ2n) is 13.3. The molecule has 2 nitrogen and oxygen atoms in total. The second kappa shape index (κ2) is 6.47. The minimum atomic E-state index is -0.0109. The molecule has 0 aromatic rings. The van der Waals surface area contributed by atoms with Gasteiger partial charge in [-0.1, -0.05) is 27.7 Å². The van der Waals surface area contributed by atoms with Crippen molar-refractivity contribution in [3.63, 3.8) is 0 Å². The first kappa shape index (κ1) is 19.6. The molecule has 0 aromatic heterocycles. The van der Waals surface area contributed by atoms with Crippen LogP contribution in [0.4, 0.5) is 0 Å². The van der Waals surface area contributed by atoms with Gasteiger partial charge in [-0.3, -0.25) is 4.90 Å². The lowest BCUT2D eigenvalue weighted by Crippen LogP contribution is -2.54. The molecule has 0 amide bonds. The van der Waals surface area contributed by atoms with Crippen molar-refractivity contribution in [2.75, 3.05) is 6.54 Å². The Morgan fingerprint density at radius 2 is 1.59 bits per heavy atom. The van der Waals surface area contributed by atoms with Gasteiger partial charge in [-0.2, -0.15) is 0 Å². The van der Waals surface area contributed by atoms with Gasteiger partial charge in [-0.15, -0.1) is 0 Å². The summed E-state index contributed by atoms with van der Waals surface area (Å²) < 4.78 is 0. The number of hydrogen-bond acceptors (Lipinski definition) is 2. The van der Waals surface area contributed by atoms with Gasteiger partial charge in [-0.05, 0) is 116 Å². The molecule has 2 heterocycles. The highest BCUT2D eigenvalue weighted by Gasteiger charge is 2.66. The third kappa shape index (κ3) is 2.54. The lowest BCUT2D eigenvalue weighted by molar-refractivity contribution is -0.129. The fourth-order valence-corrected chi connectivity index (χ4v) is 11.0. The molecule has 0 spiro atoms. The molecule has 4 aliphatic carbocycles. The summed E-state index contributed by atoms with van der Waals surface area (Å²) >= 11 is 0. The summed E-state index contributed by atoms with van der Waals surface area (Å²) in [5.74, 6) is 6.47. The van der Waals surface area contributed by atoms with Crippen LogP contribution in [0.3, 0.4) is 0 Å². The van der Waals surface area contributed by atoms with Crippen LogP contribution in [-0.4, -0.2) is 34.7 Å². The standard InChI is InChI=1S/C27H45NO/c1-16-5-8-23-17(2)25-24(28(23)15-16)14-22-20-7-6-18-13-19(29)9-11-26(18,3)21(20)10-12-27(22,25)4/h16-25,29H,5-15H2,1-4H3/t16-,17+,18?,19-,20?,21?,22?,23?,24-,25?,26?,27?/m0/s1. The van der Waals surface area contributed by atoms with Crippen molar-refractivity contribution in [1.29, 1.82) is 0 Å². The van der Waals surface area contributed by atoms with Gasteiger partial charge in [0.2, 0.25) is 0 Å². The van der Waals surface area contributed by atoms with Crippen LogP contribution in [0.5, 0.6) is 0 Å². The molecule has 6 rings (SSSR count). The highest BCUT2D eigenvalue weighted by atomic mass is 16.3. The fraction of sp³-hybridized carbons (Fsp3) is 1.00. The minimum Gasteiger partial charge on any atom is -0.393 e. The molecule has 0 radical (unpaired) electrons. The molecule has 8 unspecified atom stereocenters. The van der Waals surface area contributed by atoms with Crippen LogP contribution in [0.2, 0.25) is 0 Å². The maximum atomic E-state index is 10.3. The van der Waals surface area contributed by atoms with Crippen LogP contribution in [0.1, 0.15) is 91.9 Å². The van der Waals surface area contributed by atoms with E-state index in [-0.39, 0.29) is 6.10 Å². The van der Waals surface area contributed by atoms with E-state index in [4.69, 9.17) is 0 Å². The molecule has 2 heteroatoms. The first-order valence-corrected chi connectivity index (χ1v) is 13.3. The van der Waals surface area contributed by atoms with Crippen molar-refractivity contribution < 1.29 is 5.11 Å². The predicted molar refractivity (Wildman–Crippen MR) is 118 cm³/mol. The van der Waals surface area contributed by atoms with Crippen molar-refractivity contribution in [1.82, 2.24) is 4.90 Å². The smallest absolute Gasteiger partial charge is 0.0543 e. The third-order valence-corrected chi connectivity index (χ3v) is 12.3. The van der Waals surface area contributed by atoms with E-state index < -0.39 is 0 Å². The molecule has 6 aliphatic rings. The summed E-state index contributed by atoms with van der Waals surface area (Å²) in [6.07, 6.45) is 13.7. The molecule has 2 aliphatic heterocycles. The van der Waals surface area contributed by atoms with E-state index in [9.17, 15) is 5.11 Å². The van der Waals surface area contributed by atoms with Gasteiger partial charge in [-0.25, -0.2) is 0 Å². The highest BCUT2D eigenvalue weighted by molar-refractivity contribution is 5.17. The van der Waals surface area contributed by atoms with Gasteiger partial charge in [0.25, 0.3) is 0 Å². The quantitative estimate of drug-likeness (QED) is 0.562. The monoisotopic (exact) mass is 399 g/mol. The lowest BCUT2D eigenvalue weighted by Gasteiger charge is -2.61. The van der Waals surface area contributed by atoms with E-state index in [0.717, 1.165) is 66.4 Å². The zero-order valence-corrected chi connectivity index (χ0v) is 19.4. The lowest BCUT2D eigenvalue weighted by atomic mass is 9.44. The van der Waals surface area contributed by atoms with Gasteiger partial charge >= 0.3 is 0 Å². The van der Waals surface area contributed by atoms with Crippen molar-refractivity contribution >= 4 is 0 Å². The van der Waals surface area contributed by atoms with E-state index >= 15 is 0 Å². The summed E-state index contributed by atoms with van der Waals surface area (Å²) in [6, 6.07) is 1.79. The number of piperidine rings is 1. The Bertz CT molecular complexity index is 663. The first-order valence-electron chi connectivity index (χ1n) is 13.3. The summed E-state index contributed by atoms with van der Waals surface area (Å²) in [6.45, 7) is 11.9. The molecule has 1 N–H and O–H groups in total. The summed E-state index contributed by atoms with van der Waals surface area (Å²) in [5.41, 5.74) is 1.12. The van der Waals surface area contributed by atoms with Crippen molar-refractivity contribution in [2.24, 2.45) is 52.3 Å². The molecule has 0 bridgehead atoms. The highest BCUT2D eigenvalue weighted by Crippen LogP contribution is 2.70. The van der Waals surface area contributed by atoms with Crippen LogP contribution in [-0.2, 0) is 0 Å². The van der Waals surface area contributed by atoms with E-state index in [1.54, 1.807) is 0 Å². The van der Waals surface area contributed by atoms with Crippen LogP contribution in [0.25, 0.3) is 0 Å². The molecular formula is C27H45NO. The van der Waals surface area contributed by atoms with Crippen molar-refractivity contribution in [2.45, 2.75) is 110 Å². The topological polar surface area (TPSA) is 23.5 Å². The summed E-state index contributed by atoms with van der Waals surface area (Å²) in [7, 11) is 0.